The van der Waals surface area contributed by atoms with Crippen molar-refractivity contribution in [3.05, 3.63) is 47.3 Å². The number of carboxylic acid groups (broad SMARTS) is 1. The first kappa shape index (κ1) is 18.1. The minimum absolute atomic E-state index is 0.00919. The second-order valence-electron chi connectivity index (χ2n) is 5.60. The van der Waals surface area contributed by atoms with Gasteiger partial charge in [-0.05, 0) is 24.1 Å². The number of hydrogen-bond donors (Lipinski definition) is 2. The summed E-state index contributed by atoms with van der Waals surface area (Å²) in [5.74, 6) is -1.55. The number of hydrogen-bond acceptors (Lipinski definition) is 5. The SMILES string of the molecule is CN(C)C(=O)Cn1cc(C(=O)NCCc2cccc(C(=O)O)c2)nn1. The number of nitrogens with zero attached hydrogens (tertiary/aromatic N) is 4. The molecule has 1 heterocycles. The fourth-order valence-electron chi connectivity index (χ4n) is 2.03. The third-order valence-corrected chi connectivity index (χ3v) is 3.44. The topological polar surface area (TPSA) is 117 Å². The fourth-order valence-corrected chi connectivity index (χ4v) is 2.03. The van der Waals surface area contributed by atoms with Gasteiger partial charge in [0.25, 0.3) is 5.91 Å². The summed E-state index contributed by atoms with van der Waals surface area (Å²) in [6.45, 7) is 0.334. The molecule has 9 heteroatoms. The van der Waals surface area contributed by atoms with Crippen LogP contribution in [0.25, 0.3) is 0 Å². The quantitative estimate of drug-likeness (QED) is 0.731. The molecule has 1 aromatic carbocycles. The van der Waals surface area contributed by atoms with Gasteiger partial charge < -0.3 is 15.3 Å². The molecule has 0 atom stereocenters. The van der Waals surface area contributed by atoms with E-state index in [0.717, 1.165) is 5.56 Å². The zero-order chi connectivity index (χ0) is 18.4. The summed E-state index contributed by atoms with van der Waals surface area (Å²) in [4.78, 5) is 36.0. The van der Waals surface area contributed by atoms with Crippen LogP contribution in [-0.2, 0) is 17.8 Å². The molecule has 0 aliphatic heterocycles. The van der Waals surface area contributed by atoms with Gasteiger partial charge in [0.05, 0.1) is 11.8 Å². The van der Waals surface area contributed by atoms with Crippen LogP contribution < -0.4 is 5.32 Å². The average Bonchev–Trinajstić information content (AvgIpc) is 3.03. The lowest BCUT2D eigenvalue weighted by molar-refractivity contribution is -0.129. The molecule has 0 saturated heterocycles. The molecule has 132 valence electrons. The van der Waals surface area contributed by atoms with Crippen molar-refractivity contribution in [3.63, 3.8) is 0 Å². The molecule has 0 aliphatic carbocycles. The van der Waals surface area contributed by atoms with Gasteiger partial charge in [0.15, 0.2) is 5.69 Å². The maximum atomic E-state index is 12.0. The number of rotatable bonds is 7. The maximum Gasteiger partial charge on any atom is 0.335 e. The van der Waals surface area contributed by atoms with Gasteiger partial charge >= 0.3 is 5.97 Å². The molecular weight excluding hydrogens is 326 g/mol. The largest absolute Gasteiger partial charge is 0.478 e. The van der Waals surface area contributed by atoms with Crippen LogP contribution in [0.15, 0.2) is 30.5 Å². The summed E-state index contributed by atoms with van der Waals surface area (Å²) in [5.41, 5.74) is 1.13. The van der Waals surface area contributed by atoms with Gasteiger partial charge in [0, 0.05) is 20.6 Å². The summed E-state index contributed by atoms with van der Waals surface area (Å²) >= 11 is 0. The van der Waals surface area contributed by atoms with E-state index in [1.165, 1.54) is 21.8 Å². The van der Waals surface area contributed by atoms with Gasteiger partial charge in [0.2, 0.25) is 5.91 Å². The molecular formula is C16H19N5O4. The number of benzene rings is 1. The number of carboxylic acids is 1. The molecule has 0 fully saturated rings. The summed E-state index contributed by atoms with van der Waals surface area (Å²) in [6, 6.07) is 6.53. The Balaban J connectivity index is 1.86. The number of aromatic carboxylic acids is 1. The molecule has 1 aromatic heterocycles. The molecule has 2 N–H and O–H groups in total. The monoisotopic (exact) mass is 345 g/mol. The number of nitrogens with one attached hydrogen (secondary N) is 1. The Labute approximate surface area is 144 Å². The Bertz CT molecular complexity index is 784. The number of carbonyl (C=O) groups excluding carboxylic acids is 2. The van der Waals surface area contributed by atoms with Crippen LogP contribution in [0.3, 0.4) is 0 Å². The molecule has 2 rings (SSSR count). The van der Waals surface area contributed by atoms with Crippen molar-refractivity contribution in [2.75, 3.05) is 20.6 Å². The summed E-state index contributed by atoms with van der Waals surface area (Å²) in [7, 11) is 3.26. The number of likely N-dealkylation sites (N-methyl/N-ethyl adjacent to an activating group) is 1. The third kappa shape index (κ3) is 5.13. The van der Waals surface area contributed by atoms with Crippen LogP contribution >= 0.6 is 0 Å². The van der Waals surface area contributed by atoms with Crippen LogP contribution in [0.1, 0.15) is 26.4 Å². The first-order valence-electron chi connectivity index (χ1n) is 7.57. The van der Waals surface area contributed by atoms with E-state index in [1.54, 1.807) is 32.3 Å². The van der Waals surface area contributed by atoms with Crippen molar-refractivity contribution >= 4 is 17.8 Å². The lowest BCUT2D eigenvalue weighted by Gasteiger charge is -2.08. The van der Waals surface area contributed by atoms with Crippen molar-refractivity contribution < 1.29 is 19.5 Å². The average molecular weight is 345 g/mol. The number of carbonyl (C=O) groups is 3. The van der Waals surface area contributed by atoms with Gasteiger partial charge in [0.1, 0.15) is 6.54 Å². The standard InChI is InChI=1S/C16H19N5O4/c1-20(2)14(22)10-21-9-13(18-19-21)15(23)17-7-6-11-4-3-5-12(8-11)16(24)25/h3-5,8-9H,6-7,10H2,1-2H3,(H,17,23)(H,24,25). The van der Waals surface area contributed by atoms with Crippen LogP contribution in [0.5, 0.6) is 0 Å². The van der Waals surface area contributed by atoms with Crippen molar-refractivity contribution in [3.8, 4) is 0 Å². The predicted molar refractivity (Wildman–Crippen MR) is 88.2 cm³/mol. The van der Waals surface area contributed by atoms with E-state index in [0.29, 0.717) is 13.0 Å². The van der Waals surface area contributed by atoms with Gasteiger partial charge in [-0.2, -0.15) is 0 Å². The fraction of sp³-hybridized carbons (Fsp3) is 0.312. The first-order chi connectivity index (χ1) is 11.9. The highest BCUT2D eigenvalue weighted by Crippen LogP contribution is 2.06. The molecule has 0 radical (unpaired) electrons. The second kappa shape index (κ2) is 8.04. The number of aromatic nitrogens is 3. The Morgan fingerprint density at radius 1 is 1.28 bits per heavy atom. The molecule has 2 aromatic rings. The van der Waals surface area contributed by atoms with Crippen LogP contribution in [0, 0.1) is 0 Å². The molecule has 0 aliphatic rings. The molecule has 9 nitrogen and oxygen atoms in total. The summed E-state index contributed by atoms with van der Waals surface area (Å²) in [5, 5.41) is 19.1. The third-order valence-electron chi connectivity index (χ3n) is 3.44. The second-order valence-corrected chi connectivity index (χ2v) is 5.60. The van der Waals surface area contributed by atoms with Gasteiger partial charge in [-0.25, -0.2) is 9.48 Å². The summed E-state index contributed by atoms with van der Waals surface area (Å²) < 4.78 is 1.30. The Morgan fingerprint density at radius 3 is 2.72 bits per heavy atom. The van der Waals surface area contributed by atoms with Crippen molar-refractivity contribution in [1.29, 1.82) is 0 Å². The molecule has 25 heavy (non-hydrogen) atoms. The Morgan fingerprint density at radius 2 is 2.04 bits per heavy atom. The molecule has 2 amide bonds. The zero-order valence-electron chi connectivity index (χ0n) is 14.0. The maximum absolute atomic E-state index is 12.0. The molecule has 0 unspecified atom stereocenters. The van der Waals surface area contributed by atoms with E-state index in [2.05, 4.69) is 15.6 Å². The van der Waals surface area contributed by atoms with Crippen LogP contribution in [-0.4, -0.2) is 63.4 Å². The van der Waals surface area contributed by atoms with Gasteiger partial charge in [-0.3, -0.25) is 9.59 Å². The van der Waals surface area contributed by atoms with Gasteiger partial charge in [-0.15, -0.1) is 5.10 Å². The molecule has 0 bridgehead atoms. The molecule has 0 saturated carbocycles. The molecule has 0 spiro atoms. The van der Waals surface area contributed by atoms with Crippen molar-refractivity contribution in [2.24, 2.45) is 0 Å². The van der Waals surface area contributed by atoms with E-state index in [-0.39, 0.29) is 23.7 Å². The van der Waals surface area contributed by atoms with E-state index in [1.807, 2.05) is 0 Å². The lowest BCUT2D eigenvalue weighted by atomic mass is 10.1. The zero-order valence-corrected chi connectivity index (χ0v) is 14.0. The van der Waals surface area contributed by atoms with Gasteiger partial charge in [-0.1, -0.05) is 17.3 Å². The van der Waals surface area contributed by atoms with E-state index >= 15 is 0 Å². The van der Waals surface area contributed by atoms with Crippen molar-refractivity contribution in [2.45, 2.75) is 13.0 Å². The Hall–Kier alpha value is -3.23. The highest BCUT2D eigenvalue weighted by molar-refractivity contribution is 5.92. The highest BCUT2D eigenvalue weighted by Gasteiger charge is 2.13. The van der Waals surface area contributed by atoms with E-state index in [9.17, 15) is 14.4 Å². The summed E-state index contributed by atoms with van der Waals surface area (Å²) in [6.07, 6.45) is 1.89. The lowest BCUT2D eigenvalue weighted by Crippen LogP contribution is -2.27. The minimum Gasteiger partial charge on any atom is -0.478 e. The van der Waals surface area contributed by atoms with Crippen molar-refractivity contribution in [1.82, 2.24) is 25.2 Å². The smallest absolute Gasteiger partial charge is 0.335 e. The normalized spacial score (nSPS) is 10.3. The Kier molecular flexibility index (Phi) is 5.83. The predicted octanol–water partition coefficient (Wildman–Crippen LogP) is 0.0370. The number of amides is 2. The van der Waals surface area contributed by atoms with Crippen LogP contribution in [0.4, 0.5) is 0 Å². The first-order valence-corrected chi connectivity index (χ1v) is 7.57. The van der Waals surface area contributed by atoms with E-state index in [4.69, 9.17) is 5.11 Å². The highest BCUT2D eigenvalue weighted by atomic mass is 16.4. The minimum atomic E-state index is -0.991. The van der Waals surface area contributed by atoms with Crippen LogP contribution in [0.2, 0.25) is 0 Å². The van der Waals surface area contributed by atoms with E-state index < -0.39 is 11.9 Å².